The largest absolute Gasteiger partial charge is 0.345 e. The maximum absolute atomic E-state index is 11.7. The Labute approximate surface area is 98.0 Å². The van der Waals surface area contributed by atoms with E-state index in [4.69, 9.17) is 5.73 Å². The fourth-order valence-corrected chi connectivity index (χ4v) is 1.39. The van der Waals surface area contributed by atoms with Crippen LogP contribution in [-0.4, -0.2) is 23.8 Å². The molecule has 0 saturated carbocycles. The lowest BCUT2D eigenvalue weighted by Crippen LogP contribution is -2.52. The first-order valence-electron chi connectivity index (χ1n) is 5.89. The minimum absolute atomic E-state index is 0.0549. The first kappa shape index (κ1) is 15.1. The van der Waals surface area contributed by atoms with Crippen molar-refractivity contribution in [2.75, 3.05) is 0 Å². The lowest BCUT2D eigenvalue weighted by atomic mass is 9.97. The maximum Gasteiger partial charge on any atom is 0.237 e. The molecule has 2 atom stereocenters. The summed E-state index contributed by atoms with van der Waals surface area (Å²) in [6.07, 6.45) is 0.431. The zero-order valence-corrected chi connectivity index (χ0v) is 10.9. The molecule has 4 heteroatoms. The summed E-state index contributed by atoms with van der Waals surface area (Å²) in [4.78, 5) is 23.4. The fraction of sp³-hybridized carbons (Fsp3) is 0.833. The number of Topliss-reactive ketones (excluding diaryl/α,β-unsaturated/α-hetero) is 1. The highest BCUT2D eigenvalue weighted by Gasteiger charge is 2.26. The van der Waals surface area contributed by atoms with Crippen molar-refractivity contribution >= 4 is 11.7 Å². The molecule has 2 unspecified atom stereocenters. The number of nitrogens with one attached hydrogen (secondary N) is 1. The highest BCUT2D eigenvalue weighted by molar-refractivity contribution is 5.90. The van der Waals surface area contributed by atoms with E-state index in [1.165, 1.54) is 0 Å². The molecule has 0 radical (unpaired) electrons. The third-order valence-corrected chi connectivity index (χ3v) is 2.68. The van der Waals surface area contributed by atoms with Gasteiger partial charge in [-0.05, 0) is 11.8 Å². The number of carbonyl (C=O) groups excluding carboxylic acids is 2. The van der Waals surface area contributed by atoms with Gasteiger partial charge in [-0.3, -0.25) is 9.59 Å². The van der Waals surface area contributed by atoms with Crippen molar-refractivity contribution in [3.05, 3.63) is 0 Å². The number of carbonyl (C=O) groups is 2. The molecule has 16 heavy (non-hydrogen) atoms. The van der Waals surface area contributed by atoms with Gasteiger partial charge in [-0.25, -0.2) is 0 Å². The molecule has 0 saturated heterocycles. The van der Waals surface area contributed by atoms with Crippen molar-refractivity contribution in [3.63, 3.8) is 0 Å². The van der Waals surface area contributed by atoms with Crippen LogP contribution in [0.15, 0.2) is 0 Å². The monoisotopic (exact) mass is 228 g/mol. The average Bonchev–Trinajstić information content (AvgIpc) is 2.22. The molecule has 1 amide bonds. The molecule has 3 N–H and O–H groups in total. The summed E-state index contributed by atoms with van der Waals surface area (Å²) in [6, 6.07) is -0.965. The van der Waals surface area contributed by atoms with E-state index in [9.17, 15) is 9.59 Å². The lowest BCUT2D eigenvalue weighted by molar-refractivity contribution is -0.129. The highest BCUT2D eigenvalue weighted by atomic mass is 16.2. The van der Waals surface area contributed by atoms with E-state index in [0.29, 0.717) is 6.42 Å². The van der Waals surface area contributed by atoms with Crippen molar-refractivity contribution in [3.8, 4) is 0 Å². The van der Waals surface area contributed by atoms with Crippen molar-refractivity contribution in [2.45, 2.75) is 53.1 Å². The van der Waals surface area contributed by atoms with E-state index in [0.717, 1.165) is 0 Å². The van der Waals surface area contributed by atoms with E-state index in [-0.39, 0.29) is 23.5 Å². The summed E-state index contributed by atoms with van der Waals surface area (Å²) < 4.78 is 0. The molecule has 0 bridgehead atoms. The number of rotatable bonds is 6. The number of ketones is 1. The predicted octanol–water partition coefficient (Wildman–Crippen LogP) is 1.09. The SMILES string of the molecule is CCC(=O)C(NC(=O)C(N)C(C)C)C(C)C. The Morgan fingerprint density at radius 2 is 1.62 bits per heavy atom. The van der Waals surface area contributed by atoms with Crippen LogP contribution in [0.5, 0.6) is 0 Å². The van der Waals surface area contributed by atoms with Gasteiger partial charge in [0, 0.05) is 6.42 Å². The van der Waals surface area contributed by atoms with Crippen LogP contribution in [0.25, 0.3) is 0 Å². The van der Waals surface area contributed by atoms with Gasteiger partial charge in [-0.15, -0.1) is 0 Å². The topological polar surface area (TPSA) is 72.2 Å². The second kappa shape index (κ2) is 6.63. The summed E-state index contributed by atoms with van der Waals surface area (Å²) >= 11 is 0. The molecule has 0 aliphatic carbocycles. The zero-order chi connectivity index (χ0) is 12.9. The molecule has 0 aromatic heterocycles. The van der Waals surface area contributed by atoms with Gasteiger partial charge in [-0.2, -0.15) is 0 Å². The molecule has 94 valence electrons. The van der Waals surface area contributed by atoms with Crippen LogP contribution in [-0.2, 0) is 9.59 Å². The molecular weight excluding hydrogens is 204 g/mol. The van der Waals surface area contributed by atoms with Crippen LogP contribution in [0.4, 0.5) is 0 Å². The van der Waals surface area contributed by atoms with E-state index in [1.54, 1.807) is 6.92 Å². The molecule has 0 rings (SSSR count). The summed E-state index contributed by atoms with van der Waals surface area (Å²) in [5, 5.41) is 2.73. The van der Waals surface area contributed by atoms with Crippen molar-refractivity contribution in [1.82, 2.24) is 5.32 Å². The van der Waals surface area contributed by atoms with Crippen LogP contribution < -0.4 is 11.1 Å². The molecule has 0 aliphatic heterocycles. The number of amides is 1. The first-order chi connectivity index (χ1) is 7.31. The second-order valence-electron chi connectivity index (χ2n) is 4.82. The molecule has 4 nitrogen and oxygen atoms in total. The van der Waals surface area contributed by atoms with Gasteiger partial charge in [0.15, 0.2) is 5.78 Å². The van der Waals surface area contributed by atoms with Gasteiger partial charge in [0.1, 0.15) is 0 Å². The molecule has 0 fully saturated rings. The van der Waals surface area contributed by atoms with Crippen molar-refractivity contribution in [2.24, 2.45) is 17.6 Å². The number of hydrogen-bond donors (Lipinski definition) is 2. The second-order valence-corrected chi connectivity index (χ2v) is 4.82. The number of hydrogen-bond acceptors (Lipinski definition) is 3. The zero-order valence-electron chi connectivity index (χ0n) is 10.9. The van der Waals surface area contributed by atoms with Gasteiger partial charge < -0.3 is 11.1 Å². The fourth-order valence-electron chi connectivity index (χ4n) is 1.39. The van der Waals surface area contributed by atoms with Crippen molar-refractivity contribution < 1.29 is 9.59 Å². The molecule has 0 heterocycles. The van der Waals surface area contributed by atoms with Crippen LogP contribution in [0.2, 0.25) is 0 Å². The molecule has 0 aromatic carbocycles. The Bertz CT molecular complexity index is 249. The predicted molar refractivity (Wildman–Crippen MR) is 64.9 cm³/mol. The molecular formula is C12H24N2O2. The van der Waals surface area contributed by atoms with Crippen LogP contribution >= 0.6 is 0 Å². The van der Waals surface area contributed by atoms with Gasteiger partial charge in [0.2, 0.25) is 5.91 Å². The van der Waals surface area contributed by atoms with Crippen LogP contribution in [0.3, 0.4) is 0 Å². The first-order valence-corrected chi connectivity index (χ1v) is 5.89. The Morgan fingerprint density at radius 1 is 1.12 bits per heavy atom. The summed E-state index contributed by atoms with van der Waals surface area (Å²) in [5.41, 5.74) is 5.73. The van der Waals surface area contributed by atoms with E-state index >= 15 is 0 Å². The average molecular weight is 228 g/mol. The van der Waals surface area contributed by atoms with Gasteiger partial charge >= 0.3 is 0 Å². The molecule has 0 aliphatic rings. The van der Waals surface area contributed by atoms with E-state index < -0.39 is 12.1 Å². The van der Waals surface area contributed by atoms with E-state index in [2.05, 4.69) is 5.32 Å². The summed E-state index contributed by atoms with van der Waals surface area (Å²) in [6.45, 7) is 9.40. The van der Waals surface area contributed by atoms with Crippen LogP contribution in [0, 0.1) is 11.8 Å². The van der Waals surface area contributed by atoms with Crippen LogP contribution in [0.1, 0.15) is 41.0 Å². The quantitative estimate of drug-likeness (QED) is 0.714. The summed E-state index contributed by atoms with van der Waals surface area (Å²) in [5.74, 6) is -0.0184. The third kappa shape index (κ3) is 4.31. The van der Waals surface area contributed by atoms with Crippen molar-refractivity contribution in [1.29, 1.82) is 0 Å². The van der Waals surface area contributed by atoms with Gasteiger partial charge in [-0.1, -0.05) is 34.6 Å². The van der Waals surface area contributed by atoms with Gasteiger partial charge in [0.05, 0.1) is 12.1 Å². The Hall–Kier alpha value is -0.900. The summed E-state index contributed by atoms with van der Waals surface area (Å²) in [7, 11) is 0. The standard InChI is InChI=1S/C12H24N2O2/c1-6-9(15)11(8(4)5)14-12(16)10(13)7(2)3/h7-8,10-11H,6,13H2,1-5H3,(H,14,16). The lowest BCUT2D eigenvalue weighted by Gasteiger charge is -2.23. The normalized spacial score (nSPS) is 15.0. The minimum atomic E-state index is -0.550. The molecule has 0 spiro atoms. The third-order valence-electron chi connectivity index (χ3n) is 2.68. The Kier molecular flexibility index (Phi) is 6.26. The number of nitrogens with two attached hydrogens (primary N) is 1. The Morgan fingerprint density at radius 3 is 1.94 bits per heavy atom. The highest BCUT2D eigenvalue weighted by Crippen LogP contribution is 2.07. The molecule has 0 aromatic rings. The smallest absolute Gasteiger partial charge is 0.237 e. The van der Waals surface area contributed by atoms with Gasteiger partial charge in [0.25, 0.3) is 0 Å². The van der Waals surface area contributed by atoms with E-state index in [1.807, 2.05) is 27.7 Å². The minimum Gasteiger partial charge on any atom is -0.345 e. The Balaban J connectivity index is 4.53. The maximum atomic E-state index is 11.7.